The van der Waals surface area contributed by atoms with Gasteiger partial charge in [0, 0.05) is 37.5 Å². The van der Waals surface area contributed by atoms with Gasteiger partial charge < -0.3 is 20.4 Å². The van der Waals surface area contributed by atoms with Gasteiger partial charge in [0.05, 0.1) is 22.6 Å². The lowest BCUT2D eigenvalue weighted by molar-refractivity contribution is -0.139. The zero-order chi connectivity index (χ0) is 44.4. The average molecular weight is 833 g/mol. The van der Waals surface area contributed by atoms with Crippen LogP contribution in [0.25, 0.3) is 10.4 Å². The Morgan fingerprint density at radius 1 is 0.898 bits per heavy atom. The van der Waals surface area contributed by atoms with Crippen LogP contribution in [0.4, 0.5) is 0 Å². The van der Waals surface area contributed by atoms with Gasteiger partial charge in [-0.25, -0.2) is 4.98 Å². The van der Waals surface area contributed by atoms with E-state index >= 15 is 0 Å². The van der Waals surface area contributed by atoms with E-state index in [0.29, 0.717) is 44.0 Å². The summed E-state index contributed by atoms with van der Waals surface area (Å²) in [5.41, 5.74) is 7.80. The number of hydrogen-bond donors (Lipinski definition) is 3. The molecule has 2 aromatic carbocycles. The monoisotopic (exact) mass is 832 g/mol. The fraction of sp³-hybridized carbons (Fsp3) is 0.543. The van der Waals surface area contributed by atoms with Crippen molar-refractivity contribution < 1.29 is 28.8 Å². The first-order chi connectivity index (χ1) is 28.1. The van der Waals surface area contributed by atoms with Crippen LogP contribution in [-0.2, 0) is 37.1 Å². The molecule has 12 nitrogen and oxygen atoms in total. The summed E-state index contributed by atoms with van der Waals surface area (Å²) >= 11 is 1.61. The minimum Gasteiger partial charge on any atom is -0.350 e. The van der Waals surface area contributed by atoms with Crippen molar-refractivity contribution in [3.05, 3.63) is 75.9 Å². The summed E-state index contributed by atoms with van der Waals surface area (Å²) in [5, 5.41) is 7.90. The summed E-state index contributed by atoms with van der Waals surface area (Å²) in [6.07, 6.45) is 2.11. The predicted molar refractivity (Wildman–Crippen MR) is 237 cm³/mol. The number of rotatable bonds is 9. The number of carbonyl (C=O) groups excluding carboxylic acids is 6. The van der Waals surface area contributed by atoms with Crippen LogP contribution in [0, 0.1) is 18.8 Å². The Kier molecular flexibility index (Phi) is 21.2. The predicted octanol–water partition coefficient (Wildman–Crippen LogP) is 7.78. The van der Waals surface area contributed by atoms with Crippen molar-refractivity contribution in [2.24, 2.45) is 11.8 Å². The van der Waals surface area contributed by atoms with E-state index in [-0.39, 0.29) is 54.3 Å². The van der Waals surface area contributed by atoms with Gasteiger partial charge in [0.15, 0.2) is 0 Å². The number of fused-ring (bicyclic) bond motifs is 1. The summed E-state index contributed by atoms with van der Waals surface area (Å²) < 4.78 is 0. The van der Waals surface area contributed by atoms with Gasteiger partial charge in [0.2, 0.25) is 29.5 Å². The first kappa shape index (κ1) is 50.2. The molecule has 2 fully saturated rings. The van der Waals surface area contributed by atoms with Crippen LogP contribution in [0.1, 0.15) is 141 Å². The smallest absolute Gasteiger partial charge is 0.255 e. The Labute approximate surface area is 356 Å². The van der Waals surface area contributed by atoms with E-state index in [9.17, 15) is 28.8 Å². The lowest BCUT2D eigenvalue weighted by Gasteiger charge is -2.29. The average Bonchev–Trinajstić information content (AvgIpc) is 3.97. The second-order valence-corrected chi connectivity index (χ2v) is 16.3. The maximum Gasteiger partial charge on any atom is 0.255 e. The molecule has 3 aliphatic rings. The number of benzene rings is 2. The van der Waals surface area contributed by atoms with E-state index in [1.54, 1.807) is 35.0 Å². The fourth-order valence-corrected chi connectivity index (χ4v) is 7.43. The highest BCUT2D eigenvalue weighted by Gasteiger charge is 2.40. The van der Waals surface area contributed by atoms with Gasteiger partial charge in [-0.1, -0.05) is 113 Å². The molecular formula is C46H68N6O6S. The van der Waals surface area contributed by atoms with Crippen LogP contribution in [0.5, 0.6) is 0 Å². The zero-order valence-electron chi connectivity index (χ0n) is 37.4. The van der Waals surface area contributed by atoms with E-state index in [1.165, 1.54) is 0 Å². The van der Waals surface area contributed by atoms with Gasteiger partial charge in [-0.15, -0.1) is 11.3 Å². The lowest BCUT2D eigenvalue weighted by Crippen LogP contribution is -2.52. The second-order valence-electron chi connectivity index (χ2n) is 15.5. The Balaban J connectivity index is 0.000000360. The van der Waals surface area contributed by atoms with Gasteiger partial charge in [0.1, 0.15) is 12.1 Å². The summed E-state index contributed by atoms with van der Waals surface area (Å²) in [4.78, 5) is 81.2. The molecule has 59 heavy (non-hydrogen) atoms. The van der Waals surface area contributed by atoms with Crippen molar-refractivity contribution in [1.82, 2.24) is 30.7 Å². The number of nitrogens with zero attached hydrogens (tertiary/aromatic N) is 3. The number of imide groups is 1. The highest BCUT2D eigenvalue weighted by Crippen LogP contribution is 2.33. The Morgan fingerprint density at radius 2 is 1.54 bits per heavy atom. The number of piperidine rings is 1. The molecule has 324 valence electrons. The number of aromatic nitrogens is 1. The molecule has 13 heteroatoms. The van der Waals surface area contributed by atoms with Crippen molar-refractivity contribution in [3.8, 4) is 10.4 Å². The van der Waals surface area contributed by atoms with E-state index in [2.05, 4.69) is 55.6 Å². The van der Waals surface area contributed by atoms with Gasteiger partial charge in [-0.2, -0.15) is 0 Å². The van der Waals surface area contributed by atoms with Gasteiger partial charge in [-0.3, -0.25) is 34.1 Å². The first-order valence-electron chi connectivity index (χ1n) is 21.2. The van der Waals surface area contributed by atoms with Crippen LogP contribution < -0.4 is 16.0 Å². The molecular weight excluding hydrogens is 765 g/mol. The van der Waals surface area contributed by atoms with Gasteiger partial charge in [0.25, 0.3) is 5.91 Å². The number of nitrogens with one attached hydrogen (secondary N) is 3. The molecule has 0 aliphatic carbocycles. The van der Waals surface area contributed by atoms with E-state index in [1.807, 2.05) is 82.6 Å². The molecule has 2 unspecified atom stereocenters. The van der Waals surface area contributed by atoms with Crippen LogP contribution in [0.2, 0.25) is 0 Å². The molecule has 6 rings (SSSR count). The topological polar surface area (TPSA) is 158 Å². The van der Waals surface area contributed by atoms with Crippen LogP contribution in [0.3, 0.4) is 0 Å². The highest BCUT2D eigenvalue weighted by atomic mass is 32.1. The quantitative estimate of drug-likeness (QED) is 0.186. The van der Waals surface area contributed by atoms with Crippen molar-refractivity contribution in [2.45, 2.75) is 140 Å². The Bertz CT molecular complexity index is 1850. The molecule has 0 bridgehead atoms. The molecule has 0 saturated carbocycles. The van der Waals surface area contributed by atoms with Crippen LogP contribution in [-0.4, -0.2) is 75.4 Å². The maximum atomic E-state index is 12.7. The molecule has 3 aromatic rings. The van der Waals surface area contributed by atoms with Crippen molar-refractivity contribution in [3.63, 3.8) is 0 Å². The lowest BCUT2D eigenvalue weighted by atomic mass is 9.95. The standard InChI is InChI=1S/C22H28N4O3S.C16H18N2O3.C4H10.2C2H6/c1-14(2)21(28)24-12-19(27)26-10-4-5-18(26)22(29)23-11-16-6-8-17(9-7-16)20-15(3)25-13-30-20;1-9(2)10-4-3-5-11-12(10)8-18(16(11)21)13-6-7-14(19)17-15(13)20;1-4(2)3;2*1-2/h6-9,13-14,18H,4-5,10-12H2,1-3H3,(H,23,29)(H,24,28);3-5,9,13H,6-8H2,1-2H3,(H,17,19,20);4H,1-3H3;2*1-2H3. The third-order valence-electron chi connectivity index (χ3n) is 9.48. The molecule has 0 spiro atoms. The first-order valence-corrected chi connectivity index (χ1v) is 22.1. The number of thiazole rings is 1. The number of hydrogen-bond acceptors (Lipinski definition) is 8. The third-order valence-corrected chi connectivity index (χ3v) is 10.5. The fourth-order valence-electron chi connectivity index (χ4n) is 6.62. The molecule has 6 amide bonds. The minimum atomic E-state index is -0.539. The van der Waals surface area contributed by atoms with E-state index in [0.717, 1.165) is 45.2 Å². The van der Waals surface area contributed by atoms with Crippen molar-refractivity contribution in [1.29, 1.82) is 0 Å². The molecule has 3 aliphatic heterocycles. The maximum absolute atomic E-state index is 12.7. The zero-order valence-corrected chi connectivity index (χ0v) is 38.2. The largest absolute Gasteiger partial charge is 0.350 e. The summed E-state index contributed by atoms with van der Waals surface area (Å²) in [7, 11) is 0. The molecule has 2 atom stereocenters. The van der Waals surface area contributed by atoms with Crippen molar-refractivity contribution >= 4 is 46.8 Å². The number of likely N-dealkylation sites (tertiary alicyclic amines) is 1. The summed E-state index contributed by atoms with van der Waals surface area (Å²) in [5.74, 6) is -0.287. The van der Waals surface area contributed by atoms with Crippen LogP contribution in [0.15, 0.2) is 48.0 Å². The van der Waals surface area contributed by atoms with E-state index in [4.69, 9.17) is 0 Å². The van der Waals surface area contributed by atoms with E-state index < -0.39 is 12.1 Å². The number of amides is 6. The normalized spacial score (nSPS) is 16.7. The SMILES string of the molecule is CC.CC.CC(C)C.CC(C)c1cccc2c1CN(C1CCC(=O)NC1=O)C2=O.Cc1ncsc1-c1ccc(CNC(=O)C2CCCN2C(=O)CNC(=O)C(C)C)cc1. The molecule has 1 aromatic heterocycles. The summed E-state index contributed by atoms with van der Waals surface area (Å²) in [6.45, 7) is 25.6. The minimum absolute atomic E-state index is 0.0702. The molecule has 2 saturated heterocycles. The van der Waals surface area contributed by atoms with Gasteiger partial charge >= 0.3 is 0 Å². The van der Waals surface area contributed by atoms with Crippen LogP contribution >= 0.6 is 11.3 Å². The third kappa shape index (κ3) is 14.4. The van der Waals surface area contributed by atoms with Crippen molar-refractivity contribution in [2.75, 3.05) is 13.1 Å². The molecule has 4 heterocycles. The van der Waals surface area contributed by atoms with Gasteiger partial charge in [-0.05, 0) is 66.3 Å². The Hall–Kier alpha value is -4.91. The summed E-state index contributed by atoms with van der Waals surface area (Å²) in [6, 6.07) is 12.8. The molecule has 0 radical (unpaired) electrons. The highest BCUT2D eigenvalue weighted by molar-refractivity contribution is 7.13. The Morgan fingerprint density at radius 3 is 2.10 bits per heavy atom. The number of aryl methyl sites for hydroxylation is 1. The molecule has 3 N–H and O–H groups in total. The number of carbonyl (C=O) groups is 6. The second kappa shape index (κ2) is 24.9.